The van der Waals surface area contributed by atoms with Gasteiger partial charge in [0, 0.05) is 28.1 Å². The second-order valence-corrected chi connectivity index (χ2v) is 7.30. The van der Waals surface area contributed by atoms with Crippen LogP contribution in [0.15, 0.2) is 28.9 Å². The molecule has 2 aromatic rings. The molecule has 0 saturated carbocycles. The molecule has 0 spiro atoms. The molecule has 1 aromatic heterocycles. The van der Waals surface area contributed by atoms with Gasteiger partial charge in [0.25, 0.3) is 0 Å². The Labute approximate surface area is 144 Å². The Morgan fingerprint density at radius 1 is 1.48 bits per heavy atom. The van der Waals surface area contributed by atoms with Crippen molar-refractivity contribution in [3.63, 3.8) is 0 Å². The average molecular weight is 389 g/mol. The number of nitrogen functional groups attached to an aromatic ring is 1. The van der Waals surface area contributed by atoms with E-state index in [1.807, 2.05) is 6.20 Å². The third kappa shape index (κ3) is 3.77. The van der Waals surface area contributed by atoms with Crippen LogP contribution in [0.4, 0.5) is 5.13 Å². The Balaban J connectivity index is 0.00000161. The molecular formula is C15H19BrClN3S. The molecule has 2 N–H and O–H groups in total. The van der Waals surface area contributed by atoms with Gasteiger partial charge in [-0.25, -0.2) is 4.98 Å². The van der Waals surface area contributed by atoms with Gasteiger partial charge in [-0.1, -0.05) is 28.1 Å². The Kier molecular flexibility index (Phi) is 5.66. The highest BCUT2D eigenvalue weighted by Crippen LogP contribution is 2.35. The smallest absolute Gasteiger partial charge is 0.180 e. The summed E-state index contributed by atoms with van der Waals surface area (Å²) in [4.78, 5) is 7.94. The first-order valence-corrected chi connectivity index (χ1v) is 8.45. The molecule has 1 atom stereocenters. The van der Waals surface area contributed by atoms with E-state index < -0.39 is 0 Å². The van der Waals surface area contributed by atoms with Gasteiger partial charge < -0.3 is 5.73 Å². The molecule has 1 aliphatic rings. The number of likely N-dealkylation sites (tertiary alicyclic amines) is 1. The number of halogens is 2. The predicted octanol–water partition coefficient (Wildman–Crippen LogP) is 4.56. The SMILES string of the molecule is Cc1cc(C2CCCN2Cc2cnc(N)s2)ccc1Br.Cl. The molecule has 1 fully saturated rings. The summed E-state index contributed by atoms with van der Waals surface area (Å²) in [5, 5.41) is 0.662. The number of nitrogens with two attached hydrogens (primary N) is 1. The molecule has 0 radical (unpaired) electrons. The van der Waals surface area contributed by atoms with Crippen LogP contribution in [0.3, 0.4) is 0 Å². The van der Waals surface area contributed by atoms with Crippen LogP contribution >= 0.6 is 39.7 Å². The lowest BCUT2D eigenvalue weighted by Gasteiger charge is -2.24. The lowest BCUT2D eigenvalue weighted by atomic mass is 10.0. The van der Waals surface area contributed by atoms with Gasteiger partial charge in [0.15, 0.2) is 5.13 Å². The number of rotatable bonds is 3. The number of nitrogens with zero attached hydrogens (tertiary/aromatic N) is 2. The molecule has 0 amide bonds. The summed E-state index contributed by atoms with van der Waals surface area (Å²) in [5.74, 6) is 0. The van der Waals surface area contributed by atoms with Crippen molar-refractivity contribution in [1.82, 2.24) is 9.88 Å². The van der Waals surface area contributed by atoms with Crippen LogP contribution in [0.25, 0.3) is 0 Å². The number of hydrogen-bond acceptors (Lipinski definition) is 4. The Hall–Kier alpha value is -0.620. The predicted molar refractivity (Wildman–Crippen MR) is 95.0 cm³/mol. The molecule has 0 bridgehead atoms. The summed E-state index contributed by atoms with van der Waals surface area (Å²) in [6, 6.07) is 7.21. The number of anilines is 1. The third-order valence-corrected chi connectivity index (χ3v) is 5.56. The standard InChI is InChI=1S/C15H18BrN3S.ClH/c1-10-7-11(4-5-13(10)16)14-3-2-6-19(14)9-12-8-18-15(17)20-12;/h4-5,7-8,14H,2-3,6,9H2,1H3,(H2,17,18);1H. The van der Waals surface area contributed by atoms with E-state index in [-0.39, 0.29) is 12.4 Å². The van der Waals surface area contributed by atoms with Crippen molar-refractivity contribution in [2.24, 2.45) is 0 Å². The zero-order valence-electron chi connectivity index (χ0n) is 11.9. The summed E-state index contributed by atoms with van der Waals surface area (Å²) < 4.78 is 1.18. The summed E-state index contributed by atoms with van der Waals surface area (Å²) >= 11 is 5.17. The molecular weight excluding hydrogens is 370 g/mol. The summed E-state index contributed by atoms with van der Waals surface area (Å²) in [6.07, 6.45) is 4.39. The summed E-state index contributed by atoms with van der Waals surface area (Å²) in [5.41, 5.74) is 8.44. The van der Waals surface area contributed by atoms with E-state index in [4.69, 9.17) is 5.73 Å². The maximum atomic E-state index is 5.72. The van der Waals surface area contributed by atoms with Crippen molar-refractivity contribution in [2.75, 3.05) is 12.3 Å². The van der Waals surface area contributed by atoms with Gasteiger partial charge in [-0.3, -0.25) is 4.90 Å². The number of thiazole rings is 1. The van der Waals surface area contributed by atoms with Gasteiger partial charge in [0.05, 0.1) is 0 Å². The van der Waals surface area contributed by atoms with Crippen LogP contribution in [0.5, 0.6) is 0 Å². The Morgan fingerprint density at radius 2 is 2.29 bits per heavy atom. The fourth-order valence-corrected chi connectivity index (χ4v) is 3.82. The molecule has 6 heteroatoms. The number of aryl methyl sites for hydroxylation is 1. The third-order valence-electron chi connectivity index (χ3n) is 3.86. The minimum absolute atomic E-state index is 0. The first-order chi connectivity index (χ1) is 9.63. The average Bonchev–Trinajstić information content (AvgIpc) is 3.03. The maximum Gasteiger partial charge on any atom is 0.180 e. The highest BCUT2D eigenvalue weighted by atomic mass is 79.9. The fourth-order valence-electron chi connectivity index (χ4n) is 2.86. The molecule has 21 heavy (non-hydrogen) atoms. The number of hydrogen-bond donors (Lipinski definition) is 1. The van der Waals surface area contributed by atoms with Crippen molar-refractivity contribution in [1.29, 1.82) is 0 Å². The van der Waals surface area contributed by atoms with Crippen LogP contribution in [-0.4, -0.2) is 16.4 Å². The molecule has 2 heterocycles. The summed E-state index contributed by atoms with van der Waals surface area (Å²) in [7, 11) is 0. The fraction of sp³-hybridized carbons (Fsp3) is 0.400. The van der Waals surface area contributed by atoms with Gasteiger partial charge in [-0.05, 0) is 43.5 Å². The summed E-state index contributed by atoms with van der Waals surface area (Å²) in [6.45, 7) is 4.25. The van der Waals surface area contributed by atoms with Crippen LogP contribution in [0, 0.1) is 6.92 Å². The van der Waals surface area contributed by atoms with Crippen molar-refractivity contribution in [2.45, 2.75) is 32.4 Å². The molecule has 0 aliphatic carbocycles. The van der Waals surface area contributed by atoms with Crippen LogP contribution in [0.2, 0.25) is 0 Å². The molecule has 1 aromatic carbocycles. The van der Waals surface area contributed by atoms with E-state index in [1.165, 1.54) is 33.3 Å². The van der Waals surface area contributed by atoms with Crippen molar-refractivity contribution < 1.29 is 0 Å². The monoisotopic (exact) mass is 387 g/mol. The van der Waals surface area contributed by atoms with E-state index in [2.05, 4.69) is 50.9 Å². The number of aromatic nitrogens is 1. The lowest BCUT2D eigenvalue weighted by Crippen LogP contribution is -2.22. The second kappa shape index (κ2) is 7.09. The molecule has 114 valence electrons. The van der Waals surface area contributed by atoms with E-state index in [9.17, 15) is 0 Å². The highest BCUT2D eigenvalue weighted by Gasteiger charge is 2.26. The maximum absolute atomic E-state index is 5.72. The minimum Gasteiger partial charge on any atom is -0.375 e. The van der Waals surface area contributed by atoms with Gasteiger partial charge in [0.2, 0.25) is 0 Å². The van der Waals surface area contributed by atoms with E-state index in [0.29, 0.717) is 11.2 Å². The van der Waals surface area contributed by atoms with Gasteiger partial charge in [0.1, 0.15) is 0 Å². The quantitative estimate of drug-likeness (QED) is 0.838. The highest BCUT2D eigenvalue weighted by molar-refractivity contribution is 9.10. The zero-order valence-corrected chi connectivity index (χ0v) is 15.1. The second-order valence-electron chi connectivity index (χ2n) is 5.30. The molecule has 1 saturated heterocycles. The zero-order chi connectivity index (χ0) is 14.1. The molecule has 3 rings (SSSR count). The first kappa shape index (κ1) is 16.7. The first-order valence-electron chi connectivity index (χ1n) is 6.84. The molecule has 3 nitrogen and oxygen atoms in total. The van der Waals surface area contributed by atoms with Gasteiger partial charge in [-0.2, -0.15) is 0 Å². The van der Waals surface area contributed by atoms with Crippen LogP contribution in [-0.2, 0) is 6.54 Å². The van der Waals surface area contributed by atoms with Gasteiger partial charge >= 0.3 is 0 Å². The largest absolute Gasteiger partial charge is 0.375 e. The Morgan fingerprint density at radius 3 is 2.95 bits per heavy atom. The molecule has 1 unspecified atom stereocenters. The molecule has 1 aliphatic heterocycles. The van der Waals surface area contributed by atoms with Gasteiger partial charge in [-0.15, -0.1) is 23.7 Å². The van der Waals surface area contributed by atoms with E-state index in [0.717, 1.165) is 13.1 Å². The van der Waals surface area contributed by atoms with Crippen molar-refractivity contribution in [3.05, 3.63) is 44.9 Å². The van der Waals surface area contributed by atoms with Crippen LogP contribution < -0.4 is 5.73 Å². The van der Waals surface area contributed by atoms with Crippen molar-refractivity contribution >= 4 is 44.8 Å². The van der Waals surface area contributed by atoms with Crippen molar-refractivity contribution in [3.8, 4) is 0 Å². The Bertz CT molecular complexity index is 617. The van der Waals surface area contributed by atoms with E-state index >= 15 is 0 Å². The minimum atomic E-state index is 0. The van der Waals surface area contributed by atoms with E-state index in [1.54, 1.807) is 11.3 Å². The number of benzene rings is 1. The topological polar surface area (TPSA) is 42.2 Å². The normalized spacial score (nSPS) is 18.7. The lowest BCUT2D eigenvalue weighted by molar-refractivity contribution is 0.250. The van der Waals surface area contributed by atoms with Crippen LogP contribution in [0.1, 0.15) is 34.9 Å².